The van der Waals surface area contributed by atoms with Crippen molar-refractivity contribution in [1.82, 2.24) is 19.8 Å². The molecule has 0 saturated carbocycles. The van der Waals surface area contributed by atoms with Crippen molar-refractivity contribution < 1.29 is 4.79 Å². The lowest BCUT2D eigenvalue weighted by Gasteiger charge is -2.34. The molecule has 2 saturated heterocycles. The molecule has 3 heterocycles. The summed E-state index contributed by atoms with van der Waals surface area (Å²) in [6.45, 7) is 8.74. The Morgan fingerprint density at radius 3 is 2.23 bits per heavy atom. The fourth-order valence-electron chi connectivity index (χ4n) is 3.14. The van der Waals surface area contributed by atoms with Gasteiger partial charge in [-0.1, -0.05) is 6.92 Å². The molecule has 0 atom stereocenters. The third-order valence-corrected chi connectivity index (χ3v) is 4.63. The number of carbonyl (C=O) groups is 1. The zero-order valence-electron chi connectivity index (χ0n) is 13.4. The monoisotopic (exact) mass is 303 g/mol. The summed E-state index contributed by atoms with van der Waals surface area (Å²) < 4.78 is 0. The first-order valence-corrected chi connectivity index (χ1v) is 8.36. The fraction of sp³-hybridized carbons (Fsp3) is 0.688. The lowest BCUT2D eigenvalue weighted by molar-refractivity contribution is 0.0642. The molecule has 2 aliphatic heterocycles. The predicted octanol–water partition coefficient (Wildman–Crippen LogP) is 1.24. The van der Waals surface area contributed by atoms with Crippen molar-refractivity contribution in [2.75, 3.05) is 50.7 Å². The molecule has 1 aromatic rings. The second-order valence-corrected chi connectivity index (χ2v) is 6.05. The maximum atomic E-state index is 12.5. The molecule has 3 rings (SSSR count). The van der Waals surface area contributed by atoms with Gasteiger partial charge in [-0.05, 0) is 25.8 Å². The van der Waals surface area contributed by atoms with E-state index in [0.29, 0.717) is 5.56 Å². The van der Waals surface area contributed by atoms with E-state index in [1.54, 1.807) is 12.4 Å². The van der Waals surface area contributed by atoms with Gasteiger partial charge in [-0.2, -0.15) is 0 Å². The molecule has 0 bridgehead atoms. The van der Waals surface area contributed by atoms with Gasteiger partial charge in [-0.25, -0.2) is 9.97 Å². The Balaban J connectivity index is 1.61. The van der Waals surface area contributed by atoms with Crippen LogP contribution in [0.25, 0.3) is 0 Å². The Labute approximate surface area is 132 Å². The number of aromatic nitrogens is 2. The highest BCUT2D eigenvalue weighted by Crippen LogP contribution is 2.15. The SMILES string of the molecule is CCN1CCN(C(=O)c2cnc(N3CCCCC3)nc2)CC1. The summed E-state index contributed by atoms with van der Waals surface area (Å²) in [6.07, 6.45) is 7.06. The number of hydrogen-bond donors (Lipinski definition) is 0. The molecule has 0 radical (unpaired) electrons. The van der Waals surface area contributed by atoms with Gasteiger partial charge in [0.25, 0.3) is 5.91 Å². The van der Waals surface area contributed by atoms with E-state index in [1.165, 1.54) is 19.3 Å². The van der Waals surface area contributed by atoms with Gasteiger partial charge in [0.05, 0.1) is 5.56 Å². The van der Waals surface area contributed by atoms with E-state index in [2.05, 4.69) is 26.7 Å². The van der Waals surface area contributed by atoms with Crippen molar-refractivity contribution in [2.24, 2.45) is 0 Å². The molecule has 6 heteroatoms. The summed E-state index contributed by atoms with van der Waals surface area (Å²) in [4.78, 5) is 27.8. The Morgan fingerprint density at radius 2 is 1.64 bits per heavy atom. The van der Waals surface area contributed by atoms with Crippen LogP contribution in [-0.2, 0) is 0 Å². The summed E-state index contributed by atoms with van der Waals surface area (Å²) in [5, 5.41) is 0. The molecule has 0 N–H and O–H groups in total. The zero-order chi connectivity index (χ0) is 15.4. The lowest BCUT2D eigenvalue weighted by atomic mass is 10.1. The molecular formula is C16H25N5O. The van der Waals surface area contributed by atoms with Crippen LogP contribution in [0.15, 0.2) is 12.4 Å². The smallest absolute Gasteiger partial charge is 0.257 e. The number of carbonyl (C=O) groups excluding carboxylic acids is 1. The maximum Gasteiger partial charge on any atom is 0.257 e. The molecule has 0 aromatic carbocycles. The second-order valence-electron chi connectivity index (χ2n) is 6.05. The molecule has 0 spiro atoms. The molecule has 2 aliphatic rings. The molecule has 0 unspecified atom stereocenters. The number of hydrogen-bond acceptors (Lipinski definition) is 5. The van der Waals surface area contributed by atoms with E-state index < -0.39 is 0 Å². The van der Waals surface area contributed by atoms with Crippen LogP contribution in [0.1, 0.15) is 36.5 Å². The van der Waals surface area contributed by atoms with E-state index in [4.69, 9.17) is 0 Å². The van der Waals surface area contributed by atoms with Crippen molar-refractivity contribution >= 4 is 11.9 Å². The largest absolute Gasteiger partial charge is 0.341 e. The van der Waals surface area contributed by atoms with Crippen LogP contribution in [0.4, 0.5) is 5.95 Å². The predicted molar refractivity (Wildman–Crippen MR) is 86.1 cm³/mol. The van der Waals surface area contributed by atoms with Crippen LogP contribution < -0.4 is 4.90 Å². The highest BCUT2D eigenvalue weighted by atomic mass is 16.2. The van der Waals surface area contributed by atoms with Crippen molar-refractivity contribution in [3.63, 3.8) is 0 Å². The van der Waals surface area contributed by atoms with Crippen LogP contribution in [0, 0.1) is 0 Å². The summed E-state index contributed by atoms with van der Waals surface area (Å²) >= 11 is 0. The molecule has 2 fully saturated rings. The van der Waals surface area contributed by atoms with Gasteiger partial charge < -0.3 is 14.7 Å². The van der Waals surface area contributed by atoms with E-state index in [1.807, 2.05) is 4.90 Å². The second kappa shape index (κ2) is 7.05. The number of rotatable bonds is 3. The Hall–Kier alpha value is -1.69. The van der Waals surface area contributed by atoms with Crippen molar-refractivity contribution in [2.45, 2.75) is 26.2 Å². The average Bonchev–Trinajstić information content (AvgIpc) is 2.62. The van der Waals surface area contributed by atoms with Crippen molar-refractivity contribution in [1.29, 1.82) is 0 Å². The summed E-state index contributed by atoms with van der Waals surface area (Å²) in [6, 6.07) is 0. The van der Waals surface area contributed by atoms with Gasteiger partial charge in [0.1, 0.15) is 0 Å². The van der Waals surface area contributed by atoms with Gasteiger partial charge >= 0.3 is 0 Å². The number of piperazine rings is 1. The number of likely N-dealkylation sites (N-methyl/N-ethyl adjacent to an activating group) is 1. The molecule has 6 nitrogen and oxygen atoms in total. The molecule has 1 amide bonds. The van der Waals surface area contributed by atoms with Gasteiger partial charge in [0.15, 0.2) is 0 Å². The molecule has 0 aliphatic carbocycles. The van der Waals surface area contributed by atoms with Gasteiger partial charge in [0, 0.05) is 51.7 Å². The fourth-order valence-corrected chi connectivity index (χ4v) is 3.14. The molecule has 22 heavy (non-hydrogen) atoms. The summed E-state index contributed by atoms with van der Waals surface area (Å²) in [7, 11) is 0. The van der Waals surface area contributed by atoms with Crippen molar-refractivity contribution in [3.8, 4) is 0 Å². The zero-order valence-corrected chi connectivity index (χ0v) is 13.4. The molecule has 1 aromatic heterocycles. The quantitative estimate of drug-likeness (QED) is 0.841. The normalized spacial score (nSPS) is 20.2. The molecule has 120 valence electrons. The van der Waals surface area contributed by atoms with E-state index in [9.17, 15) is 4.79 Å². The Kier molecular flexibility index (Phi) is 4.87. The van der Waals surface area contributed by atoms with Crippen LogP contribution >= 0.6 is 0 Å². The highest BCUT2D eigenvalue weighted by molar-refractivity contribution is 5.93. The van der Waals surface area contributed by atoms with E-state index >= 15 is 0 Å². The Morgan fingerprint density at radius 1 is 1.00 bits per heavy atom. The van der Waals surface area contributed by atoms with Gasteiger partial charge in [-0.15, -0.1) is 0 Å². The van der Waals surface area contributed by atoms with Crippen LogP contribution in [0.2, 0.25) is 0 Å². The summed E-state index contributed by atoms with van der Waals surface area (Å²) in [5.74, 6) is 0.813. The van der Waals surface area contributed by atoms with Gasteiger partial charge in [0.2, 0.25) is 5.95 Å². The average molecular weight is 303 g/mol. The van der Waals surface area contributed by atoms with E-state index in [-0.39, 0.29) is 5.91 Å². The lowest BCUT2D eigenvalue weighted by Crippen LogP contribution is -2.48. The minimum Gasteiger partial charge on any atom is -0.341 e. The first-order chi connectivity index (χ1) is 10.8. The molecular weight excluding hydrogens is 278 g/mol. The first-order valence-electron chi connectivity index (χ1n) is 8.36. The number of anilines is 1. The minimum absolute atomic E-state index is 0.0564. The highest BCUT2D eigenvalue weighted by Gasteiger charge is 2.22. The number of piperidine rings is 1. The standard InChI is InChI=1S/C16H25N5O/c1-2-19-8-10-20(11-9-19)15(22)14-12-17-16(18-13-14)21-6-4-3-5-7-21/h12-13H,2-11H2,1H3. The number of amides is 1. The van der Waals surface area contributed by atoms with Gasteiger partial charge in [-0.3, -0.25) is 4.79 Å². The maximum absolute atomic E-state index is 12.5. The Bertz CT molecular complexity index is 490. The van der Waals surface area contributed by atoms with Crippen LogP contribution in [0.5, 0.6) is 0 Å². The van der Waals surface area contributed by atoms with E-state index in [0.717, 1.165) is 51.8 Å². The topological polar surface area (TPSA) is 52.6 Å². The van der Waals surface area contributed by atoms with Crippen LogP contribution in [0.3, 0.4) is 0 Å². The summed E-state index contributed by atoms with van der Waals surface area (Å²) in [5.41, 5.74) is 0.603. The minimum atomic E-state index is 0.0564. The van der Waals surface area contributed by atoms with Crippen molar-refractivity contribution in [3.05, 3.63) is 18.0 Å². The number of nitrogens with zero attached hydrogens (tertiary/aromatic N) is 5. The van der Waals surface area contributed by atoms with Crippen LogP contribution in [-0.4, -0.2) is 71.5 Å². The third-order valence-electron chi connectivity index (χ3n) is 4.63. The first kappa shape index (κ1) is 15.2. The third kappa shape index (κ3) is 3.38.